The first-order valence-electron chi connectivity index (χ1n) is 9.90. The molecule has 4 nitrogen and oxygen atoms in total. The Labute approximate surface area is 161 Å². The predicted molar refractivity (Wildman–Crippen MR) is 109 cm³/mol. The van der Waals surface area contributed by atoms with E-state index in [0.29, 0.717) is 6.42 Å². The molecule has 1 saturated heterocycles. The number of rotatable bonds is 5. The molecule has 1 amide bonds. The molecule has 2 heterocycles. The number of fused-ring (bicyclic) bond motifs is 1. The van der Waals surface area contributed by atoms with Crippen molar-refractivity contribution < 1.29 is 9.69 Å². The number of benzene rings is 2. The highest BCUT2D eigenvalue weighted by Crippen LogP contribution is 2.15. The zero-order valence-electron chi connectivity index (χ0n) is 16.0. The van der Waals surface area contributed by atoms with Crippen molar-refractivity contribution in [1.82, 2.24) is 9.47 Å². The maximum atomic E-state index is 12.7. The Morgan fingerprint density at radius 3 is 2.56 bits per heavy atom. The van der Waals surface area contributed by atoms with Gasteiger partial charge in [-0.05, 0) is 30.0 Å². The molecule has 0 bridgehead atoms. The lowest BCUT2D eigenvalue weighted by Gasteiger charge is -2.32. The van der Waals surface area contributed by atoms with Crippen LogP contribution in [0.5, 0.6) is 0 Å². The summed E-state index contributed by atoms with van der Waals surface area (Å²) in [6.07, 6.45) is 2.66. The van der Waals surface area contributed by atoms with E-state index < -0.39 is 0 Å². The molecule has 140 valence electrons. The van der Waals surface area contributed by atoms with Crippen LogP contribution in [0.4, 0.5) is 0 Å². The standard InChI is InChI=1S/C23H27N3O/c1-19-6-2-3-8-21(19)18-24-14-16-26(17-15-24)23(27)11-13-25-12-10-20-7-4-5-9-22(20)25/h2-10,12H,11,13-18H2,1H3/p+1. The SMILES string of the molecule is Cc1ccccc1C[NH+]1CCN(C(=O)CCn2ccc3ccccc32)CC1. The minimum Gasteiger partial charge on any atom is -0.347 e. The van der Waals surface area contributed by atoms with E-state index in [0.717, 1.165) is 39.3 Å². The maximum Gasteiger partial charge on any atom is 0.224 e. The molecule has 1 N–H and O–H groups in total. The van der Waals surface area contributed by atoms with Crippen LogP contribution in [0, 0.1) is 6.92 Å². The Morgan fingerprint density at radius 2 is 1.74 bits per heavy atom. The van der Waals surface area contributed by atoms with E-state index in [9.17, 15) is 4.79 Å². The molecular weight excluding hydrogens is 334 g/mol. The lowest BCUT2D eigenvalue weighted by atomic mass is 10.1. The molecule has 1 fully saturated rings. The third kappa shape index (κ3) is 4.06. The van der Waals surface area contributed by atoms with Gasteiger partial charge in [0, 0.05) is 30.2 Å². The number of para-hydroxylation sites is 1. The van der Waals surface area contributed by atoms with Gasteiger partial charge in [-0.15, -0.1) is 0 Å². The monoisotopic (exact) mass is 362 g/mol. The molecule has 1 aliphatic heterocycles. The van der Waals surface area contributed by atoms with Crippen molar-refractivity contribution >= 4 is 16.8 Å². The fourth-order valence-corrected chi connectivity index (χ4v) is 4.04. The topological polar surface area (TPSA) is 29.7 Å². The second kappa shape index (κ2) is 7.97. The van der Waals surface area contributed by atoms with Crippen LogP contribution < -0.4 is 4.90 Å². The van der Waals surface area contributed by atoms with Crippen LogP contribution in [-0.2, 0) is 17.9 Å². The minimum absolute atomic E-state index is 0.280. The average Bonchev–Trinajstić information content (AvgIpc) is 3.12. The van der Waals surface area contributed by atoms with E-state index >= 15 is 0 Å². The van der Waals surface area contributed by atoms with Gasteiger partial charge in [-0.3, -0.25) is 4.79 Å². The van der Waals surface area contributed by atoms with Gasteiger partial charge < -0.3 is 14.4 Å². The van der Waals surface area contributed by atoms with Crippen LogP contribution in [-0.4, -0.2) is 41.6 Å². The molecular formula is C23H28N3O+. The fourth-order valence-electron chi connectivity index (χ4n) is 4.04. The van der Waals surface area contributed by atoms with E-state index in [1.54, 1.807) is 4.90 Å². The molecule has 0 radical (unpaired) electrons. The first-order chi connectivity index (χ1) is 13.2. The number of quaternary nitrogens is 1. The van der Waals surface area contributed by atoms with E-state index in [2.05, 4.69) is 72.3 Å². The predicted octanol–water partition coefficient (Wildman–Crippen LogP) is 2.27. The molecule has 1 aromatic heterocycles. The Hall–Kier alpha value is -2.59. The molecule has 0 unspecified atom stereocenters. The summed E-state index contributed by atoms with van der Waals surface area (Å²) in [7, 11) is 0. The molecule has 27 heavy (non-hydrogen) atoms. The average molecular weight is 362 g/mol. The molecule has 0 atom stereocenters. The lowest BCUT2D eigenvalue weighted by Crippen LogP contribution is -3.13. The minimum atomic E-state index is 0.280. The Kier molecular flexibility index (Phi) is 5.26. The number of amides is 1. The summed E-state index contributed by atoms with van der Waals surface area (Å²) in [4.78, 5) is 16.3. The summed E-state index contributed by atoms with van der Waals surface area (Å²) in [6, 6.07) is 19.1. The quantitative estimate of drug-likeness (QED) is 0.741. The van der Waals surface area contributed by atoms with Crippen LogP contribution >= 0.6 is 0 Å². The Bertz CT molecular complexity index is 922. The van der Waals surface area contributed by atoms with Crippen LogP contribution in [0.3, 0.4) is 0 Å². The smallest absolute Gasteiger partial charge is 0.224 e. The number of piperazine rings is 1. The van der Waals surface area contributed by atoms with Crippen molar-refractivity contribution in [2.24, 2.45) is 0 Å². The molecule has 0 aliphatic carbocycles. The summed E-state index contributed by atoms with van der Waals surface area (Å²) in [5.74, 6) is 0.280. The highest BCUT2D eigenvalue weighted by molar-refractivity contribution is 5.80. The van der Waals surface area contributed by atoms with Crippen molar-refractivity contribution in [2.45, 2.75) is 26.4 Å². The number of hydrogen-bond donors (Lipinski definition) is 1. The fraction of sp³-hybridized carbons (Fsp3) is 0.348. The van der Waals surface area contributed by atoms with Gasteiger partial charge in [-0.25, -0.2) is 0 Å². The number of nitrogens with zero attached hydrogens (tertiary/aromatic N) is 2. The first kappa shape index (κ1) is 17.8. The largest absolute Gasteiger partial charge is 0.347 e. The van der Waals surface area contributed by atoms with Gasteiger partial charge in [0.05, 0.1) is 26.2 Å². The highest BCUT2D eigenvalue weighted by Gasteiger charge is 2.23. The first-order valence-corrected chi connectivity index (χ1v) is 9.90. The zero-order valence-corrected chi connectivity index (χ0v) is 16.0. The van der Waals surface area contributed by atoms with Crippen LogP contribution in [0.25, 0.3) is 10.9 Å². The summed E-state index contributed by atoms with van der Waals surface area (Å²) >= 11 is 0. The number of nitrogens with one attached hydrogen (secondary N) is 1. The summed E-state index contributed by atoms with van der Waals surface area (Å²) in [6.45, 7) is 7.80. The van der Waals surface area contributed by atoms with Gasteiger partial charge >= 0.3 is 0 Å². The van der Waals surface area contributed by atoms with Crippen molar-refractivity contribution in [3.8, 4) is 0 Å². The van der Waals surface area contributed by atoms with Gasteiger partial charge in [-0.2, -0.15) is 0 Å². The summed E-state index contributed by atoms with van der Waals surface area (Å²) in [5.41, 5.74) is 3.99. The summed E-state index contributed by atoms with van der Waals surface area (Å²) in [5, 5.41) is 1.23. The van der Waals surface area contributed by atoms with Gasteiger partial charge in [0.15, 0.2) is 0 Å². The molecule has 0 saturated carbocycles. The molecule has 3 aromatic rings. The Balaban J connectivity index is 1.28. The molecule has 2 aromatic carbocycles. The van der Waals surface area contributed by atoms with Crippen molar-refractivity contribution in [2.75, 3.05) is 26.2 Å². The van der Waals surface area contributed by atoms with Crippen LogP contribution in [0.15, 0.2) is 60.8 Å². The number of aryl methyl sites for hydroxylation is 2. The van der Waals surface area contributed by atoms with Crippen molar-refractivity contribution in [1.29, 1.82) is 0 Å². The van der Waals surface area contributed by atoms with Crippen LogP contribution in [0.2, 0.25) is 0 Å². The van der Waals surface area contributed by atoms with Gasteiger partial charge in [0.25, 0.3) is 0 Å². The van der Waals surface area contributed by atoms with E-state index in [1.165, 1.54) is 22.0 Å². The second-order valence-corrected chi connectivity index (χ2v) is 7.55. The molecule has 4 heteroatoms. The third-order valence-corrected chi connectivity index (χ3v) is 5.77. The van der Waals surface area contributed by atoms with Gasteiger partial charge in [0.1, 0.15) is 6.54 Å². The number of aromatic nitrogens is 1. The van der Waals surface area contributed by atoms with Crippen LogP contribution in [0.1, 0.15) is 17.5 Å². The van der Waals surface area contributed by atoms with Crippen molar-refractivity contribution in [3.05, 3.63) is 71.9 Å². The van der Waals surface area contributed by atoms with Gasteiger partial charge in [-0.1, -0.05) is 42.5 Å². The molecule has 1 aliphatic rings. The summed E-state index contributed by atoms with van der Waals surface area (Å²) < 4.78 is 2.19. The number of carbonyl (C=O) groups is 1. The van der Waals surface area contributed by atoms with Crippen molar-refractivity contribution in [3.63, 3.8) is 0 Å². The second-order valence-electron chi connectivity index (χ2n) is 7.55. The number of carbonyl (C=O) groups excluding carboxylic acids is 1. The highest BCUT2D eigenvalue weighted by atomic mass is 16.2. The maximum absolute atomic E-state index is 12.7. The number of hydrogen-bond acceptors (Lipinski definition) is 1. The Morgan fingerprint density at radius 1 is 1.00 bits per heavy atom. The van der Waals surface area contributed by atoms with Gasteiger partial charge in [0.2, 0.25) is 5.91 Å². The van der Waals surface area contributed by atoms with E-state index in [4.69, 9.17) is 0 Å². The molecule has 0 spiro atoms. The molecule has 4 rings (SSSR count). The van der Waals surface area contributed by atoms with E-state index in [-0.39, 0.29) is 5.91 Å². The zero-order chi connectivity index (χ0) is 18.6. The lowest BCUT2D eigenvalue weighted by molar-refractivity contribution is -0.917. The normalized spacial score (nSPS) is 15.4. The van der Waals surface area contributed by atoms with E-state index in [1.807, 2.05) is 4.90 Å². The third-order valence-electron chi connectivity index (χ3n) is 5.77.